The zero-order valence-corrected chi connectivity index (χ0v) is 11.5. The molecule has 0 amide bonds. The maximum atomic E-state index is 13.7. The number of aromatic nitrogens is 1. The summed E-state index contributed by atoms with van der Waals surface area (Å²) in [7, 11) is 0. The first-order valence-corrected chi connectivity index (χ1v) is 6.23. The van der Waals surface area contributed by atoms with Gasteiger partial charge in [0.15, 0.2) is 5.69 Å². The molecule has 0 saturated heterocycles. The molecule has 21 heavy (non-hydrogen) atoms. The van der Waals surface area contributed by atoms with E-state index in [1.54, 1.807) is 0 Å². The Labute approximate surface area is 122 Å². The Kier molecular flexibility index (Phi) is 4.52. The maximum absolute atomic E-state index is 13.7. The summed E-state index contributed by atoms with van der Waals surface area (Å²) < 4.78 is 49.0. The highest BCUT2D eigenvalue weighted by molar-refractivity contribution is 6.30. The molecule has 0 spiro atoms. The molecule has 112 valence electrons. The third kappa shape index (κ3) is 3.18. The molecule has 0 aliphatic heterocycles. The van der Waals surface area contributed by atoms with Gasteiger partial charge in [-0.2, -0.15) is 0 Å². The third-order valence-electron chi connectivity index (χ3n) is 2.48. The lowest BCUT2D eigenvalue weighted by molar-refractivity contribution is 0.0476. The van der Waals surface area contributed by atoms with E-state index in [2.05, 4.69) is 9.72 Å². The topological polar surface area (TPSA) is 52.3 Å². The van der Waals surface area contributed by atoms with E-state index >= 15 is 0 Å². The second-order valence-corrected chi connectivity index (χ2v) is 4.32. The highest BCUT2D eigenvalue weighted by atomic mass is 35.5. The molecule has 2 aromatic rings. The fraction of sp³-hybridized carbons (Fsp3) is 0.231. The van der Waals surface area contributed by atoms with E-state index in [0.29, 0.717) is 0 Å². The molecular weight excluding hydrogens is 311 g/mol. The van der Waals surface area contributed by atoms with Gasteiger partial charge in [-0.3, -0.25) is 0 Å². The van der Waals surface area contributed by atoms with Gasteiger partial charge in [-0.25, -0.2) is 22.9 Å². The number of ether oxygens (including phenoxy) is 1. The molecule has 8 heteroatoms. The molecule has 1 heterocycles. The molecule has 0 atom stereocenters. The van der Waals surface area contributed by atoms with Crippen molar-refractivity contribution in [3.8, 4) is 11.5 Å². The van der Waals surface area contributed by atoms with E-state index in [9.17, 15) is 18.0 Å². The van der Waals surface area contributed by atoms with Crippen LogP contribution in [0, 0.1) is 5.82 Å². The summed E-state index contributed by atoms with van der Waals surface area (Å²) in [6.07, 6.45) is -3.07. The number of benzene rings is 1. The van der Waals surface area contributed by atoms with Gasteiger partial charge in [-0.1, -0.05) is 11.6 Å². The monoisotopic (exact) mass is 319 g/mol. The molecule has 2 rings (SSSR count). The summed E-state index contributed by atoms with van der Waals surface area (Å²) in [6, 6.07) is 3.48. The number of hydrogen-bond acceptors (Lipinski definition) is 4. The number of alkyl halides is 2. The zero-order valence-electron chi connectivity index (χ0n) is 10.7. The summed E-state index contributed by atoms with van der Waals surface area (Å²) >= 11 is 5.71. The minimum absolute atomic E-state index is 0.0247. The van der Waals surface area contributed by atoms with E-state index in [1.807, 2.05) is 0 Å². The average molecular weight is 320 g/mol. The Morgan fingerprint density at radius 2 is 2.19 bits per heavy atom. The van der Waals surface area contributed by atoms with Gasteiger partial charge < -0.3 is 9.15 Å². The van der Waals surface area contributed by atoms with Gasteiger partial charge in [0.05, 0.1) is 12.2 Å². The predicted molar refractivity (Wildman–Crippen MR) is 67.8 cm³/mol. The highest BCUT2D eigenvalue weighted by Crippen LogP contribution is 2.31. The van der Waals surface area contributed by atoms with Crippen LogP contribution in [0.15, 0.2) is 22.6 Å². The van der Waals surface area contributed by atoms with Gasteiger partial charge in [-0.05, 0) is 25.1 Å². The van der Waals surface area contributed by atoms with E-state index in [-0.39, 0.29) is 17.2 Å². The van der Waals surface area contributed by atoms with Crippen molar-refractivity contribution in [2.24, 2.45) is 0 Å². The Morgan fingerprint density at radius 1 is 1.48 bits per heavy atom. The molecule has 0 N–H and O–H groups in total. The van der Waals surface area contributed by atoms with Crippen molar-refractivity contribution in [3.63, 3.8) is 0 Å². The SMILES string of the molecule is CCOC(=O)c1oc(-c2cc(Cl)ccc2F)nc1C(F)F. The van der Waals surface area contributed by atoms with Gasteiger partial charge in [0, 0.05) is 5.02 Å². The normalized spacial score (nSPS) is 11.0. The molecular formula is C13H9ClF3NO3. The molecule has 0 saturated carbocycles. The number of esters is 1. The Morgan fingerprint density at radius 3 is 2.81 bits per heavy atom. The second-order valence-electron chi connectivity index (χ2n) is 3.88. The van der Waals surface area contributed by atoms with Crippen LogP contribution in [0.2, 0.25) is 5.02 Å². The lowest BCUT2D eigenvalue weighted by Crippen LogP contribution is -2.06. The first-order chi connectivity index (χ1) is 9.93. The lowest BCUT2D eigenvalue weighted by Gasteiger charge is -1.99. The molecule has 0 radical (unpaired) electrons. The van der Waals surface area contributed by atoms with E-state index in [0.717, 1.165) is 12.1 Å². The number of carbonyl (C=O) groups is 1. The average Bonchev–Trinajstić information content (AvgIpc) is 2.87. The van der Waals surface area contributed by atoms with Crippen LogP contribution in [-0.2, 0) is 4.74 Å². The van der Waals surface area contributed by atoms with Crippen LogP contribution in [0.5, 0.6) is 0 Å². The Bertz CT molecular complexity index is 673. The molecule has 0 fully saturated rings. The van der Waals surface area contributed by atoms with E-state index in [1.165, 1.54) is 13.0 Å². The Hall–Kier alpha value is -2.02. The van der Waals surface area contributed by atoms with Crippen molar-refractivity contribution in [3.05, 3.63) is 40.5 Å². The van der Waals surface area contributed by atoms with Gasteiger partial charge in [0.1, 0.15) is 5.82 Å². The van der Waals surface area contributed by atoms with E-state index < -0.39 is 35.6 Å². The molecule has 1 aromatic carbocycles. The summed E-state index contributed by atoms with van der Waals surface area (Å²) in [5.74, 6) is -3.07. The van der Waals surface area contributed by atoms with Gasteiger partial charge in [0.2, 0.25) is 11.7 Å². The molecule has 4 nitrogen and oxygen atoms in total. The number of rotatable bonds is 4. The van der Waals surface area contributed by atoms with Crippen molar-refractivity contribution >= 4 is 17.6 Å². The highest BCUT2D eigenvalue weighted by Gasteiger charge is 2.28. The molecule has 0 bridgehead atoms. The molecule has 1 aromatic heterocycles. The standard InChI is InChI=1S/C13H9ClF3NO3/c1-2-20-13(19)10-9(11(16)17)18-12(21-10)7-5-6(14)3-4-8(7)15/h3-5,11H,2H2,1H3. The van der Waals surface area contributed by atoms with Crippen molar-refractivity contribution in [1.29, 1.82) is 0 Å². The largest absolute Gasteiger partial charge is 0.460 e. The minimum Gasteiger partial charge on any atom is -0.460 e. The van der Waals surface area contributed by atoms with Gasteiger partial charge >= 0.3 is 5.97 Å². The third-order valence-corrected chi connectivity index (χ3v) is 2.71. The summed E-state index contributed by atoms with van der Waals surface area (Å²) in [6.45, 7) is 1.48. The van der Waals surface area contributed by atoms with Crippen LogP contribution in [0.25, 0.3) is 11.5 Å². The quantitative estimate of drug-likeness (QED) is 0.791. The number of hydrogen-bond donors (Lipinski definition) is 0. The number of nitrogens with zero attached hydrogens (tertiary/aromatic N) is 1. The smallest absolute Gasteiger partial charge is 0.376 e. The molecule has 0 aliphatic carbocycles. The van der Waals surface area contributed by atoms with Crippen LogP contribution in [0.3, 0.4) is 0 Å². The van der Waals surface area contributed by atoms with Crippen LogP contribution < -0.4 is 0 Å². The van der Waals surface area contributed by atoms with E-state index in [4.69, 9.17) is 16.0 Å². The van der Waals surface area contributed by atoms with Gasteiger partial charge in [-0.15, -0.1) is 0 Å². The number of halogens is 4. The number of oxazole rings is 1. The second kappa shape index (κ2) is 6.17. The Balaban J connectivity index is 2.53. The zero-order chi connectivity index (χ0) is 15.6. The van der Waals surface area contributed by atoms with Crippen LogP contribution in [0.1, 0.15) is 29.6 Å². The summed E-state index contributed by atoms with van der Waals surface area (Å²) in [4.78, 5) is 15.0. The first kappa shape index (κ1) is 15.4. The minimum atomic E-state index is -3.07. The van der Waals surface area contributed by atoms with Gasteiger partial charge in [0.25, 0.3) is 6.43 Å². The first-order valence-electron chi connectivity index (χ1n) is 5.85. The van der Waals surface area contributed by atoms with Crippen LogP contribution in [0.4, 0.5) is 13.2 Å². The summed E-state index contributed by atoms with van der Waals surface area (Å²) in [5, 5.41) is 0.167. The fourth-order valence-electron chi connectivity index (χ4n) is 1.60. The van der Waals surface area contributed by atoms with Crippen molar-refractivity contribution < 1.29 is 27.1 Å². The lowest BCUT2D eigenvalue weighted by atomic mass is 10.2. The molecule has 0 unspecified atom stereocenters. The van der Waals surface area contributed by atoms with Crippen molar-refractivity contribution in [1.82, 2.24) is 4.98 Å². The fourth-order valence-corrected chi connectivity index (χ4v) is 1.77. The summed E-state index contributed by atoms with van der Waals surface area (Å²) in [5.41, 5.74) is -1.12. The van der Waals surface area contributed by atoms with Crippen LogP contribution >= 0.6 is 11.6 Å². The van der Waals surface area contributed by atoms with Crippen LogP contribution in [-0.4, -0.2) is 17.6 Å². The molecule has 0 aliphatic rings. The maximum Gasteiger partial charge on any atom is 0.376 e. The number of carbonyl (C=O) groups excluding carboxylic acids is 1. The predicted octanol–water partition coefficient (Wildman–Crippen LogP) is 4.25. The van der Waals surface area contributed by atoms with Crippen molar-refractivity contribution in [2.45, 2.75) is 13.3 Å². The van der Waals surface area contributed by atoms with Crippen molar-refractivity contribution in [2.75, 3.05) is 6.61 Å².